The van der Waals surface area contributed by atoms with Gasteiger partial charge in [0.15, 0.2) is 12.7 Å². The van der Waals surface area contributed by atoms with E-state index in [0.717, 1.165) is 17.7 Å². The molecule has 2 unspecified atom stereocenters. The van der Waals surface area contributed by atoms with Gasteiger partial charge in [-0.15, -0.1) is 0 Å². The Hall–Kier alpha value is -2.44. The van der Waals surface area contributed by atoms with E-state index in [4.69, 9.17) is 32.7 Å². The fraction of sp³-hybridized carbons (Fsp3) is 0.364. The molecule has 30 heavy (non-hydrogen) atoms. The normalized spacial score (nSPS) is 19.9. The van der Waals surface area contributed by atoms with E-state index in [1.54, 1.807) is 36.4 Å². The number of halogens is 2. The highest BCUT2D eigenvalue weighted by atomic mass is 35.5. The maximum atomic E-state index is 12.8. The van der Waals surface area contributed by atoms with Crippen molar-refractivity contribution in [2.24, 2.45) is 5.92 Å². The van der Waals surface area contributed by atoms with Crippen molar-refractivity contribution in [1.82, 2.24) is 10.2 Å². The van der Waals surface area contributed by atoms with Crippen LogP contribution in [0.2, 0.25) is 10.0 Å². The standard InChI is InChI=1S/C22H22Cl2N2O4/c23-16-1-4-18(5-2-16)29-13-21(27)25-11-14-7-8-26(12-14)22(28)20-10-15-9-17(24)3-6-19(15)30-20/h1-6,9,14,20H,7-8,10-13H2,(H,25,27). The van der Waals surface area contributed by atoms with Gasteiger partial charge >= 0.3 is 0 Å². The SMILES string of the molecule is O=C(COc1ccc(Cl)cc1)NCC1CCN(C(=O)C2Cc3cc(Cl)ccc3O2)C1. The molecular formula is C22H22Cl2N2O4. The van der Waals surface area contributed by atoms with Gasteiger partial charge in [0.2, 0.25) is 0 Å². The minimum atomic E-state index is -0.500. The molecule has 0 spiro atoms. The molecule has 2 aromatic carbocycles. The third kappa shape index (κ3) is 4.99. The molecule has 2 aromatic rings. The number of carbonyl (C=O) groups is 2. The summed E-state index contributed by atoms with van der Waals surface area (Å²) in [5, 5.41) is 4.14. The van der Waals surface area contributed by atoms with E-state index in [-0.39, 0.29) is 24.3 Å². The quantitative estimate of drug-likeness (QED) is 0.735. The fourth-order valence-electron chi connectivity index (χ4n) is 3.75. The fourth-order valence-corrected chi connectivity index (χ4v) is 4.07. The van der Waals surface area contributed by atoms with Crippen LogP contribution in [0.1, 0.15) is 12.0 Å². The molecule has 2 atom stereocenters. The Morgan fingerprint density at radius 2 is 1.90 bits per heavy atom. The van der Waals surface area contributed by atoms with Crippen molar-refractivity contribution >= 4 is 35.0 Å². The summed E-state index contributed by atoms with van der Waals surface area (Å²) in [5.74, 6) is 1.32. The highest BCUT2D eigenvalue weighted by molar-refractivity contribution is 6.30. The molecule has 1 N–H and O–H groups in total. The van der Waals surface area contributed by atoms with Gasteiger partial charge in [-0.25, -0.2) is 0 Å². The largest absolute Gasteiger partial charge is 0.484 e. The van der Waals surface area contributed by atoms with Crippen LogP contribution in [0.4, 0.5) is 0 Å². The van der Waals surface area contributed by atoms with Crippen LogP contribution in [-0.4, -0.2) is 49.1 Å². The number of benzene rings is 2. The highest BCUT2D eigenvalue weighted by Crippen LogP contribution is 2.32. The molecule has 2 amide bonds. The number of nitrogens with zero attached hydrogens (tertiary/aromatic N) is 1. The molecule has 2 aliphatic heterocycles. The average Bonchev–Trinajstić information content (AvgIpc) is 3.38. The Bertz CT molecular complexity index is 935. The van der Waals surface area contributed by atoms with Crippen LogP contribution in [0, 0.1) is 5.92 Å². The number of rotatable bonds is 6. The molecule has 8 heteroatoms. The van der Waals surface area contributed by atoms with Crippen LogP contribution in [0.25, 0.3) is 0 Å². The molecule has 2 aliphatic rings. The molecule has 1 fully saturated rings. The van der Waals surface area contributed by atoms with Gasteiger partial charge in [0, 0.05) is 36.1 Å². The van der Waals surface area contributed by atoms with Crippen molar-refractivity contribution in [2.45, 2.75) is 18.9 Å². The number of likely N-dealkylation sites (tertiary alicyclic amines) is 1. The maximum Gasteiger partial charge on any atom is 0.264 e. The molecule has 0 saturated carbocycles. The van der Waals surface area contributed by atoms with E-state index in [9.17, 15) is 9.59 Å². The third-order valence-electron chi connectivity index (χ3n) is 5.34. The van der Waals surface area contributed by atoms with Crippen molar-refractivity contribution in [3.63, 3.8) is 0 Å². The zero-order valence-corrected chi connectivity index (χ0v) is 17.8. The second-order valence-corrected chi connectivity index (χ2v) is 8.42. The molecule has 0 bridgehead atoms. The summed E-state index contributed by atoms with van der Waals surface area (Å²) in [5.41, 5.74) is 0.963. The Balaban J connectivity index is 1.19. The number of nitrogens with one attached hydrogen (secondary N) is 1. The van der Waals surface area contributed by atoms with E-state index in [0.29, 0.717) is 41.8 Å². The molecule has 2 heterocycles. The second kappa shape index (κ2) is 9.14. The van der Waals surface area contributed by atoms with Gasteiger partial charge < -0.3 is 19.7 Å². The van der Waals surface area contributed by atoms with Crippen LogP contribution in [0.15, 0.2) is 42.5 Å². The monoisotopic (exact) mass is 448 g/mol. The Kier molecular flexibility index (Phi) is 6.35. The zero-order valence-electron chi connectivity index (χ0n) is 16.3. The summed E-state index contributed by atoms with van der Waals surface area (Å²) in [6.45, 7) is 1.72. The number of ether oxygens (including phenoxy) is 2. The predicted octanol–water partition coefficient (Wildman–Crippen LogP) is 3.34. The molecular weight excluding hydrogens is 427 g/mol. The summed E-state index contributed by atoms with van der Waals surface area (Å²) >= 11 is 11.8. The number of hydrogen-bond donors (Lipinski definition) is 1. The average molecular weight is 449 g/mol. The first-order chi connectivity index (χ1) is 14.5. The molecule has 4 rings (SSSR count). The molecule has 6 nitrogen and oxygen atoms in total. The van der Waals surface area contributed by atoms with E-state index >= 15 is 0 Å². The summed E-state index contributed by atoms with van der Waals surface area (Å²) in [7, 11) is 0. The molecule has 1 saturated heterocycles. The maximum absolute atomic E-state index is 12.8. The van der Waals surface area contributed by atoms with Gasteiger partial charge in [0.1, 0.15) is 11.5 Å². The zero-order chi connectivity index (χ0) is 21.1. The van der Waals surface area contributed by atoms with Crippen LogP contribution >= 0.6 is 23.2 Å². The number of amides is 2. The first kappa shape index (κ1) is 20.8. The summed E-state index contributed by atoms with van der Waals surface area (Å²) in [4.78, 5) is 26.7. The van der Waals surface area contributed by atoms with Crippen LogP contribution < -0.4 is 14.8 Å². The van der Waals surface area contributed by atoms with Gasteiger partial charge in [-0.3, -0.25) is 9.59 Å². The lowest BCUT2D eigenvalue weighted by molar-refractivity contribution is -0.136. The van der Waals surface area contributed by atoms with Gasteiger partial charge in [-0.2, -0.15) is 0 Å². The molecule has 0 radical (unpaired) electrons. The van der Waals surface area contributed by atoms with Crippen LogP contribution in [0.5, 0.6) is 11.5 Å². The summed E-state index contributed by atoms with van der Waals surface area (Å²) in [6, 6.07) is 12.3. The summed E-state index contributed by atoms with van der Waals surface area (Å²) < 4.78 is 11.2. The number of carbonyl (C=O) groups excluding carboxylic acids is 2. The number of fused-ring (bicyclic) bond motifs is 1. The molecule has 0 aliphatic carbocycles. The van der Waals surface area contributed by atoms with Gasteiger partial charge in [-0.05, 0) is 60.4 Å². The topological polar surface area (TPSA) is 67.9 Å². The van der Waals surface area contributed by atoms with Crippen molar-refractivity contribution in [3.8, 4) is 11.5 Å². The lowest BCUT2D eigenvalue weighted by Crippen LogP contribution is -2.41. The first-order valence-electron chi connectivity index (χ1n) is 9.87. The van der Waals surface area contributed by atoms with E-state index in [1.807, 2.05) is 11.0 Å². The van der Waals surface area contributed by atoms with Gasteiger partial charge in [0.25, 0.3) is 11.8 Å². The Labute approximate surface area is 185 Å². The minimum absolute atomic E-state index is 0.0118. The minimum Gasteiger partial charge on any atom is -0.484 e. The predicted molar refractivity (Wildman–Crippen MR) is 114 cm³/mol. The van der Waals surface area contributed by atoms with Gasteiger partial charge in [-0.1, -0.05) is 23.2 Å². The van der Waals surface area contributed by atoms with Crippen molar-refractivity contribution in [2.75, 3.05) is 26.2 Å². The molecule has 0 aromatic heterocycles. The lowest BCUT2D eigenvalue weighted by atomic mass is 10.1. The highest BCUT2D eigenvalue weighted by Gasteiger charge is 2.35. The second-order valence-electron chi connectivity index (χ2n) is 7.55. The van der Waals surface area contributed by atoms with Crippen LogP contribution in [-0.2, 0) is 16.0 Å². The van der Waals surface area contributed by atoms with Gasteiger partial charge in [0.05, 0.1) is 0 Å². The number of hydrogen-bond acceptors (Lipinski definition) is 4. The van der Waals surface area contributed by atoms with E-state index in [1.165, 1.54) is 0 Å². The van der Waals surface area contributed by atoms with E-state index < -0.39 is 6.10 Å². The third-order valence-corrected chi connectivity index (χ3v) is 5.83. The van der Waals surface area contributed by atoms with Crippen LogP contribution in [0.3, 0.4) is 0 Å². The van der Waals surface area contributed by atoms with Crippen molar-refractivity contribution < 1.29 is 19.1 Å². The Morgan fingerprint density at radius 3 is 2.70 bits per heavy atom. The smallest absolute Gasteiger partial charge is 0.264 e. The Morgan fingerprint density at radius 1 is 1.13 bits per heavy atom. The van der Waals surface area contributed by atoms with Crippen molar-refractivity contribution in [3.05, 3.63) is 58.1 Å². The van der Waals surface area contributed by atoms with E-state index in [2.05, 4.69) is 5.32 Å². The summed E-state index contributed by atoms with van der Waals surface area (Å²) in [6.07, 6.45) is 0.879. The van der Waals surface area contributed by atoms with Crippen molar-refractivity contribution in [1.29, 1.82) is 0 Å². The molecule has 158 valence electrons. The first-order valence-corrected chi connectivity index (χ1v) is 10.6. The lowest BCUT2D eigenvalue weighted by Gasteiger charge is -2.20.